The fraction of sp³-hybridized carbons (Fsp3) is 0.375. The number of hydrogen-bond acceptors (Lipinski definition) is 4. The molecule has 0 saturated carbocycles. The van der Waals surface area contributed by atoms with Crippen LogP contribution in [0, 0.1) is 6.92 Å². The summed E-state index contributed by atoms with van der Waals surface area (Å²) in [5.41, 5.74) is 1.52. The summed E-state index contributed by atoms with van der Waals surface area (Å²) in [5, 5.41) is 0.146. The number of amides is 1. The second kappa shape index (κ2) is 6.40. The van der Waals surface area contributed by atoms with Crippen LogP contribution in [-0.2, 0) is 0 Å². The number of carbonyl (C=O) groups is 1. The Morgan fingerprint density at radius 3 is 2.73 bits per heavy atom. The summed E-state index contributed by atoms with van der Waals surface area (Å²) in [6.07, 6.45) is 4.84. The molecule has 0 aromatic carbocycles. The number of halogens is 1. The highest BCUT2D eigenvalue weighted by Gasteiger charge is 2.26. The SMILES string of the molecule is Cc1ccc(OC2CCN(C(=O)c3ccoc3Cl)CC2)nc1. The maximum Gasteiger partial charge on any atom is 0.258 e. The smallest absolute Gasteiger partial charge is 0.258 e. The van der Waals surface area contributed by atoms with Crippen molar-refractivity contribution in [3.63, 3.8) is 0 Å². The standard InChI is InChI=1S/C16H17ClN2O3/c1-11-2-3-14(18-10-11)22-12-4-7-19(8-5-12)16(20)13-6-9-21-15(13)17/h2-3,6,9-10,12H,4-5,7-8H2,1H3. The van der Waals surface area contributed by atoms with Crippen molar-refractivity contribution >= 4 is 17.5 Å². The number of furan rings is 1. The molecule has 1 aliphatic heterocycles. The fourth-order valence-electron chi connectivity index (χ4n) is 2.49. The highest BCUT2D eigenvalue weighted by atomic mass is 35.5. The summed E-state index contributed by atoms with van der Waals surface area (Å²) in [5.74, 6) is 0.541. The Morgan fingerprint density at radius 2 is 2.14 bits per heavy atom. The third kappa shape index (κ3) is 3.25. The van der Waals surface area contributed by atoms with E-state index in [-0.39, 0.29) is 17.2 Å². The number of hydrogen-bond donors (Lipinski definition) is 0. The number of pyridine rings is 1. The number of aromatic nitrogens is 1. The average molecular weight is 321 g/mol. The van der Waals surface area contributed by atoms with Gasteiger partial charge in [0.2, 0.25) is 11.1 Å². The highest BCUT2D eigenvalue weighted by Crippen LogP contribution is 2.22. The zero-order valence-corrected chi connectivity index (χ0v) is 13.0. The van der Waals surface area contributed by atoms with Crippen molar-refractivity contribution in [1.82, 2.24) is 9.88 Å². The first-order valence-corrected chi connectivity index (χ1v) is 7.63. The number of likely N-dealkylation sites (tertiary alicyclic amines) is 1. The Bertz CT molecular complexity index is 646. The van der Waals surface area contributed by atoms with E-state index >= 15 is 0 Å². The normalized spacial score (nSPS) is 15.8. The van der Waals surface area contributed by atoms with Gasteiger partial charge >= 0.3 is 0 Å². The Morgan fingerprint density at radius 1 is 1.36 bits per heavy atom. The molecule has 116 valence electrons. The first-order chi connectivity index (χ1) is 10.6. The minimum absolute atomic E-state index is 0.0825. The molecule has 3 heterocycles. The van der Waals surface area contributed by atoms with Crippen LogP contribution in [0.5, 0.6) is 5.88 Å². The molecule has 0 aliphatic carbocycles. The van der Waals surface area contributed by atoms with Crippen LogP contribution in [0.1, 0.15) is 28.8 Å². The third-order valence-electron chi connectivity index (χ3n) is 3.75. The highest BCUT2D eigenvalue weighted by molar-refractivity contribution is 6.32. The Hall–Kier alpha value is -2.01. The predicted molar refractivity (Wildman–Crippen MR) is 82.2 cm³/mol. The van der Waals surface area contributed by atoms with Crippen LogP contribution in [0.15, 0.2) is 35.1 Å². The molecule has 0 N–H and O–H groups in total. The second-order valence-corrected chi connectivity index (χ2v) is 5.73. The quantitative estimate of drug-likeness (QED) is 0.870. The van der Waals surface area contributed by atoms with Gasteiger partial charge in [-0.3, -0.25) is 4.79 Å². The summed E-state index contributed by atoms with van der Waals surface area (Å²) >= 11 is 5.86. The van der Waals surface area contributed by atoms with Crippen LogP contribution in [0.25, 0.3) is 0 Å². The van der Waals surface area contributed by atoms with Crippen LogP contribution in [-0.4, -0.2) is 35.0 Å². The Labute approximate surface area is 133 Å². The number of nitrogens with zero attached hydrogens (tertiary/aromatic N) is 2. The monoisotopic (exact) mass is 320 g/mol. The van der Waals surface area contributed by atoms with E-state index in [2.05, 4.69) is 4.98 Å². The van der Waals surface area contributed by atoms with E-state index in [1.54, 1.807) is 17.2 Å². The minimum atomic E-state index is -0.0920. The van der Waals surface area contributed by atoms with Gasteiger partial charge in [0, 0.05) is 38.2 Å². The van der Waals surface area contributed by atoms with E-state index < -0.39 is 0 Å². The lowest BCUT2D eigenvalue weighted by Crippen LogP contribution is -2.41. The van der Waals surface area contributed by atoms with Crippen molar-refractivity contribution in [2.75, 3.05) is 13.1 Å². The molecule has 0 spiro atoms. The maximum absolute atomic E-state index is 12.3. The van der Waals surface area contributed by atoms with E-state index in [9.17, 15) is 4.79 Å². The van der Waals surface area contributed by atoms with Gasteiger partial charge in [-0.1, -0.05) is 6.07 Å². The Balaban J connectivity index is 1.55. The van der Waals surface area contributed by atoms with Gasteiger partial charge in [-0.2, -0.15) is 0 Å². The molecule has 1 amide bonds. The number of ether oxygens (including phenoxy) is 1. The lowest BCUT2D eigenvalue weighted by Gasteiger charge is -2.31. The minimum Gasteiger partial charge on any atom is -0.474 e. The summed E-state index contributed by atoms with van der Waals surface area (Å²) in [7, 11) is 0. The van der Waals surface area contributed by atoms with E-state index in [1.807, 2.05) is 19.1 Å². The van der Waals surface area contributed by atoms with Crippen LogP contribution in [0.4, 0.5) is 0 Å². The van der Waals surface area contributed by atoms with Crippen LogP contribution in [0.3, 0.4) is 0 Å². The Kier molecular flexibility index (Phi) is 4.34. The molecular formula is C16H17ClN2O3. The second-order valence-electron chi connectivity index (χ2n) is 5.39. The van der Waals surface area contributed by atoms with E-state index in [0.29, 0.717) is 24.5 Å². The van der Waals surface area contributed by atoms with Crippen LogP contribution < -0.4 is 4.74 Å². The van der Waals surface area contributed by atoms with Gasteiger partial charge in [0.1, 0.15) is 6.10 Å². The largest absolute Gasteiger partial charge is 0.474 e. The first-order valence-electron chi connectivity index (χ1n) is 7.25. The van der Waals surface area contributed by atoms with Gasteiger partial charge in [-0.25, -0.2) is 4.98 Å². The molecule has 1 aliphatic rings. The molecule has 0 atom stereocenters. The van der Waals surface area contributed by atoms with Crippen molar-refractivity contribution in [3.8, 4) is 5.88 Å². The lowest BCUT2D eigenvalue weighted by molar-refractivity contribution is 0.0587. The number of carbonyl (C=O) groups excluding carboxylic acids is 1. The van der Waals surface area contributed by atoms with Crippen molar-refractivity contribution in [2.45, 2.75) is 25.9 Å². The summed E-state index contributed by atoms with van der Waals surface area (Å²) < 4.78 is 10.8. The molecule has 0 unspecified atom stereocenters. The van der Waals surface area contributed by atoms with Gasteiger partial charge < -0.3 is 14.1 Å². The van der Waals surface area contributed by atoms with E-state index in [1.165, 1.54) is 6.26 Å². The number of aryl methyl sites for hydroxylation is 1. The third-order valence-corrected chi connectivity index (χ3v) is 4.04. The molecular weight excluding hydrogens is 304 g/mol. The molecule has 2 aromatic rings. The predicted octanol–water partition coefficient (Wildman–Crippen LogP) is 3.32. The first kappa shape index (κ1) is 14.9. The molecule has 2 aromatic heterocycles. The summed E-state index contributed by atoms with van der Waals surface area (Å²) in [6.45, 7) is 3.26. The van der Waals surface area contributed by atoms with Gasteiger partial charge in [0.15, 0.2) is 0 Å². The van der Waals surface area contributed by atoms with E-state index in [0.717, 1.165) is 18.4 Å². The van der Waals surface area contributed by atoms with Crippen LogP contribution in [0.2, 0.25) is 5.22 Å². The van der Waals surface area contributed by atoms with Gasteiger partial charge in [0.25, 0.3) is 5.91 Å². The van der Waals surface area contributed by atoms with Crippen molar-refractivity contribution in [1.29, 1.82) is 0 Å². The molecule has 1 saturated heterocycles. The molecule has 5 nitrogen and oxygen atoms in total. The topological polar surface area (TPSA) is 55.6 Å². The summed E-state index contributed by atoms with van der Waals surface area (Å²) in [4.78, 5) is 18.3. The van der Waals surface area contributed by atoms with Crippen molar-refractivity contribution < 1.29 is 13.9 Å². The van der Waals surface area contributed by atoms with Gasteiger partial charge in [-0.05, 0) is 30.2 Å². The molecule has 0 radical (unpaired) electrons. The lowest BCUT2D eigenvalue weighted by atomic mass is 10.1. The molecule has 3 rings (SSSR count). The molecule has 22 heavy (non-hydrogen) atoms. The van der Waals surface area contributed by atoms with Crippen molar-refractivity contribution in [2.24, 2.45) is 0 Å². The zero-order chi connectivity index (χ0) is 15.5. The van der Waals surface area contributed by atoms with E-state index in [4.69, 9.17) is 20.8 Å². The maximum atomic E-state index is 12.3. The molecule has 6 heteroatoms. The van der Waals surface area contributed by atoms with Gasteiger partial charge in [-0.15, -0.1) is 0 Å². The summed E-state index contributed by atoms with van der Waals surface area (Å²) in [6, 6.07) is 5.45. The zero-order valence-electron chi connectivity index (χ0n) is 12.3. The van der Waals surface area contributed by atoms with Gasteiger partial charge in [0.05, 0.1) is 11.8 Å². The fourth-order valence-corrected chi connectivity index (χ4v) is 2.68. The number of rotatable bonds is 3. The average Bonchev–Trinajstić information content (AvgIpc) is 2.96. The van der Waals surface area contributed by atoms with Crippen molar-refractivity contribution in [3.05, 3.63) is 47.0 Å². The molecule has 1 fully saturated rings. The van der Waals surface area contributed by atoms with Crippen LogP contribution >= 0.6 is 11.6 Å². The molecule has 0 bridgehead atoms. The number of piperidine rings is 1.